The molecule has 0 amide bonds. The van der Waals surface area contributed by atoms with E-state index < -0.39 is 5.79 Å². The summed E-state index contributed by atoms with van der Waals surface area (Å²) in [6.45, 7) is 6.19. The van der Waals surface area contributed by atoms with Gasteiger partial charge in [0.1, 0.15) is 5.78 Å². The van der Waals surface area contributed by atoms with Crippen molar-refractivity contribution in [3.8, 4) is 0 Å². The van der Waals surface area contributed by atoms with Crippen molar-refractivity contribution in [1.82, 2.24) is 0 Å². The SMILES string of the molecule is CC(=O)OC[C@@H]1CCC(=O)[C@H]1CSCC1COC(C)(C)O1. The Kier molecular flexibility index (Phi) is 5.68. The van der Waals surface area contributed by atoms with E-state index in [0.29, 0.717) is 25.4 Å². The van der Waals surface area contributed by atoms with Crippen molar-refractivity contribution < 1.29 is 23.8 Å². The summed E-state index contributed by atoms with van der Waals surface area (Å²) in [7, 11) is 0. The number of ketones is 1. The fourth-order valence-electron chi connectivity index (χ4n) is 2.80. The van der Waals surface area contributed by atoms with Crippen molar-refractivity contribution in [2.45, 2.75) is 45.5 Å². The summed E-state index contributed by atoms with van der Waals surface area (Å²) < 4.78 is 16.3. The van der Waals surface area contributed by atoms with Crippen molar-refractivity contribution in [3.05, 3.63) is 0 Å². The third kappa shape index (κ3) is 4.97. The lowest BCUT2D eigenvalue weighted by atomic mass is 9.98. The molecule has 120 valence electrons. The largest absolute Gasteiger partial charge is 0.466 e. The molecule has 0 aromatic rings. The van der Waals surface area contributed by atoms with Gasteiger partial charge in [0.25, 0.3) is 0 Å². The van der Waals surface area contributed by atoms with Crippen LogP contribution in [-0.2, 0) is 23.8 Å². The Morgan fingerprint density at radius 1 is 1.43 bits per heavy atom. The van der Waals surface area contributed by atoms with Gasteiger partial charge in [-0.3, -0.25) is 9.59 Å². The summed E-state index contributed by atoms with van der Waals surface area (Å²) in [5, 5.41) is 0. The van der Waals surface area contributed by atoms with Gasteiger partial charge in [-0.1, -0.05) is 0 Å². The van der Waals surface area contributed by atoms with Crippen LogP contribution >= 0.6 is 11.8 Å². The standard InChI is InChI=1S/C15H24O5S/c1-10(16)18-6-11-4-5-14(17)13(11)9-21-8-12-7-19-15(2,3)20-12/h11-13H,4-9H2,1-3H3/t11-,12?,13-/m0/s1. The van der Waals surface area contributed by atoms with Gasteiger partial charge in [0.15, 0.2) is 5.79 Å². The van der Waals surface area contributed by atoms with Gasteiger partial charge in [0.05, 0.1) is 19.3 Å². The zero-order chi connectivity index (χ0) is 15.5. The molecule has 0 radical (unpaired) electrons. The molecule has 0 N–H and O–H groups in total. The first-order valence-electron chi connectivity index (χ1n) is 7.43. The van der Waals surface area contributed by atoms with Crippen LogP contribution in [0.2, 0.25) is 0 Å². The Bertz CT molecular complexity index is 396. The predicted octanol–water partition coefficient (Wildman–Crippen LogP) is 2.03. The Morgan fingerprint density at radius 3 is 2.81 bits per heavy atom. The zero-order valence-corrected chi connectivity index (χ0v) is 13.7. The summed E-state index contributed by atoms with van der Waals surface area (Å²) in [5.74, 6) is 1.30. The first-order valence-corrected chi connectivity index (χ1v) is 8.58. The maximum Gasteiger partial charge on any atom is 0.302 e. The average Bonchev–Trinajstić information content (AvgIpc) is 2.91. The van der Waals surface area contributed by atoms with Gasteiger partial charge in [0, 0.05) is 36.7 Å². The highest BCUT2D eigenvalue weighted by Crippen LogP contribution is 2.33. The van der Waals surface area contributed by atoms with Gasteiger partial charge < -0.3 is 14.2 Å². The first-order chi connectivity index (χ1) is 9.87. The molecule has 1 heterocycles. The summed E-state index contributed by atoms with van der Waals surface area (Å²) >= 11 is 1.72. The monoisotopic (exact) mass is 316 g/mol. The third-order valence-corrected chi connectivity index (χ3v) is 5.12. The van der Waals surface area contributed by atoms with Gasteiger partial charge in [0.2, 0.25) is 0 Å². The number of carbonyl (C=O) groups is 2. The first kappa shape index (κ1) is 16.8. The lowest BCUT2D eigenvalue weighted by molar-refractivity contribution is -0.143. The van der Waals surface area contributed by atoms with Gasteiger partial charge in [-0.25, -0.2) is 0 Å². The van der Waals surface area contributed by atoms with E-state index in [9.17, 15) is 9.59 Å². The molecule has 6 heteroatoms. The highest BCUT2D eigenvalue weighted by atomic mass is 32.2. The Labute approximate surface area is 130 Å². The topological polar surface area (TPSA) is 61.8 Å². The second-order valence-electron chi connectivity index (χ2n) is 6.16. The number of Topliss-reactive ketones (excluding diaryl/α,β-unsaturated/α-hetero) is 1. The van der Waals surface area contributed by atoms with E-state index >= 15 is 0 Å². The van der Waals surface area contributed by atoms with Gasteiger partial charge >= 0.3 is 5.97 Å². The molecular formula is C15H24O5S. The second-order valence-corrected chi connectivity index (χ2v) is 7.24. The molecule has 1 unspecified atom stereocenters. The van der Waals surface area contributed by atoms with E-state index in [0.717, 1.165) is 17.9 Å². The Hall–Kier alpha value is -0.590. The van der Waals surface area contributed by atoms with Crippen LogP contribution in [0.1, 0.15) is 33.6 Å². The number of carbonyl (C=O) groups excluding carboxylic acids is 2. The minimum absolute atomic E-state index is 0.00433. The van der Waals surface area contributed by atoms with Crippen LogP contribution in [0.4, 0.5) is 0 Å². The van der Waals surface area contributed by atoms with Crippen molar-refractivity contribution in [3.63, 3.8) is 0 Å². The molecule has 1 saturated carbocycles. The summed E-state index contributed by atoms with van der Waals surface area (Å²) in [6.07, 6.45) is 1.52. The second kappa shape index (κ2) is 7.11. The number of thioether (sulfide) groups is 1. The van der Waals surface area contributed by atoms with E-state index in [1.54, 1.807) is 11.8 Å². The van der Waals surface area contributed by atoms with E-state index in [1.807, 2.05) is 13.8 Å². The minimum Gasteiger partial charge on any atom is -0.466 e. The molecule has 1 aliphatic heterocycles. The number of hydrogen-bond acceptors (Lipinski definition) is 6. The van der Waals surface area contributed by atoms with E-state index in [4.69, 9.17) is 14.2 Å². The van der Waals surface area contributed by atoms with Crippen LogP contribution in [0, 0.1) is 11.8 Å². The van der Waals surface area contributed by atoms with Gasteiger partial charge in [-0.15, -0.1) is 0 Å². The minimum atomic E-state index is -0.494. The van der Waals surface area contributed by atoms with Crippen molar-refractivity contribution in [2.24, 2.45) is 11.8 Å². The molecule has 0 aromatic heterocycles. The average molecular weight is 316 g/mol. The maximum absolute atomic E-state index is 11.9. The molecule has 0 spiro atoms. The van der Waals surface area contributed by atoms with Crippen LogP contribution in [0.15, 0.2) is 0 Å². The summed E-state index contributed by atoms with van der Waals surface area (Å²) in [5.41, 5.74) is 0. The molecule has 5 nitrogen and oxygen atoms in total. The fourth-order valence-corrected chi connectivity index (χ4v) is 4.08. The highest BCUT2D eigenvalue weighted by Gasteiger charge is 2.36. The number of ether oxygens (including phenoxy) is 3. The van der Waals surface area contributed by atoms with Crippen LogP contribution in [0.25, 0.3) is 0 Å². The molecule has 21 heavy (non-hydrogen) atoms. The third-order valence-electron chi connectivity index (χ3n) is 3.91. The molecule has 2 aliphatic rings. The molecule has 1 aliphatic carbocycles. The maximum atomic E-state index is 11.9. The molecule has 2 rings (SSSR count). The van der Waals surface area contributed by atoms with Crippen molar-refractivity contribution in [2.75, 3.05) is 24.7 Å². The molecule has 1 saturated heterocycles. The number of rotatable bonds is 6. The fraction of sp³-hybridized carbons (Fsp3) is 0.867. The Morgan fingerprint density at radius 2 is 2.19 bits per heavy atom. The van der Waals surface area contributed by atoms with E-state index in [-0.39, 0.29) is 23.9 Å². The van der Waals surface area contributed by atoms with E-state index in [2.05, 4.69) is 0 Å². The summed E-state index contributed by atoms with van der Waals surface area (Å²) in [6, 6.07) is 0. The lowest BCUT2D eigenvalue weighted by Gasteiger charge is -2.19. The molecule has 3 atom stereocenters. The predicted molar refractivity (Wildman–Crippen MR) is 80.1 cm³/mol. The quantitative estimate of drug-likeness (QED) is 0.699. The van der Waals surface area contributed by atoms with E-state index in [1.165, 1.54) is 6.92 Å². The van der Waals surface area contributed by atoms with Gasteiger partial charge in [-0.05, 0) is 20.3 Å². The molecule has 2 fully saturated rings. The smallest absolute Gasteiger partial charge is 0.302 e. The molecule has 0 aromatic carbocycles. The van der Waals surface area contributed by atoms with Crippen molar-refractivity contribution >= 4 is 23.5 Å². The Balaban J connectivity index is 1.72. The van der Waals surface area contributed by atoms with Gasteiger partial charge in [-0.2, -0.15) is 11.8 Å². The number of esters is 1. The van der Waals surface area contributed by atoms with Crippen LogP contribution < -0.4 is 0 Å². The van der Waals surface area contributed by atoms with Crippen LogP contribution in [-0.4, -0.2) is 48.4 Å². The zero-order valence-electron chi connectivity index (χ0n) is 12.9. The molecular weight excluding hydrogens is 292 g/mol. The van der Waals surface area contributed by atoms with Crippen LogP contribution in [0.5, 0.6) is 0 Å². The molecule has 0 bridgehead atoms. The normalized spacial score (nSPS) is 31.6. The number of hydrogen-bond donors (Lipinski definition) is 0. The summed E-state index contributed by atoms with van der Waals surface area (Å²) in [4.78, 5) is 22.8. The van der Waals surface area contributed by atoms with Crippen LogP contribution in [0.3, 0.4) is 0 Å². The van der Waals surface area contributed by atoms with Crippen molar-refractivity contribution in [1.29, 1.82) is 0 Å². The highest BCUT2D eigenvalue weighted by molar-refractivity contribution is 7.99. The lowest BCUT2D eigenvalue weighted by Crippen LogP contribution is -2.25.